The van der Waals surface area contributed by atoms with Gasteiger partial charge in [-0.05, 0) is 47.9 Å². The molecule has 2 aromatic heterocycles. The van der Waals surface area contributed by atoms with Gasteiger partial charge >= 0.3 is 0 Å². The summed E-state index contributed by atoms with van der Waals surface area (Å²) in [5.74, 6) is -0.874. The number of allylic oxidation sites excluding steroid dienone is 1. The number of aliphatic imine (C=N–C) groups is 1. The number of aromatic amines is 1. The minimum atomic E-state index is -0.555. The number of anilines is 1. The minimum absolute atomic E-state index is 0.0175. The van der Waals surface area contributed by atoms with Crippen LogP contribution < -0.4 is 16.6 Å². The van der Waals surface area contributed by atoms with Crippen LogP contribution in [0.1, 0.15) is 16.1 Å². The number of carbonyl (C=O) groups is 1. The number of aromatic nitrogens is 2. The first-order valence-electron chi connectivity index (χ1n) is 8.73. The van der Waals surface area contributed by atoms with Gasteiger partial charge in [0.2, 0.25) is 5.88 Å². The van der Waals surface area contributed by atoms with Crippen molar-refractivity contribution in [3.8, 4) is 0 Å². The molecule has 0 fully saturated rings. The lowest BCUT2D eigenvalue weighted by molar-refractivity contribution is 0.102. The normalized spacial score (nSPS) is 11.9. The van der Waals surface area contributed by atoms with Crippen molar-refractivity contribution < 1.29 is 13.9 Å². The highest BCUT2D eigenvalue weighted by Gasteiger charge is 2.15. The van der Waals surface area contributed by atoms with Crippen LogP contribution in [0.3, 0.4) is 0 Å². The largest absolute Gasteiger partial charge is 0.480 e. The first-order valence-corrected chi connectivity index (χ1v) is 8.73. The van der Waals surface area contributed by atoms with Gasteiger partial charge in [-0.3, -0.25) is 9.59 Å². The van der Waals surface area contributed by atoms with E-state index in [4.69, 9.17) is 10.5 Å². The van der Waals surface area contributed by atoms with Gasteiger partial charge in [-0.15, -0.1) is 0 Å². The van der Waals surface area contributed by atoms with Crippen LogP contribution in [0.2, 0.25) is 0 Å². The standard InChI is InChI=1S/C21H18FN5O3/c1-3-15(25-17(11-23)30-2)16-10-13-8-9-24-21(29)18(13)19(26-16)27-20(28)12-4-6-14(22)7-5-12/h3-11H,1,23H2,2H3,(H,24,29)(H,26,27,28)/b17-11+,25-15+. The number of H-pyrrole nitrogens is 1. The molecule has 4 N–H and O–H groups in total. The molecule has 0 radical (unpaired) electrons. The Labute approximate surface area is 170 Å². The van der Waals surface area contributed by atoms with E-state index >= 15 is 0 Å². The molecule has 2 heterocycles. The summed E-state index contributed by atoms with van der Waals surface area (Å²) < 4.78 is 18.2. The van der Waals surface area contributed by atoms with Gasteiger partial charge < -0.3 is 20.8 Å². The van der Waals surface area contributed by atoms with Gasteiger partial charge in [0.1, 0.15) is 11.6 Å². The number of nitrogens with two attached hydrogens (primary N) is 1. The Morgan fingerprint density at radius 3 is 2.70 bits per heavy atom. The lowest BCUT2D eigenvalue weighted by Crippen LogP contribution is -2.18. The molecular formula is C21H18FN5O3. The first-order chi connectivity index (χ1) is 14.5. The van der Waals surface area contributed by atoms with Gasteiger partial charge in [0.05, 0.1) is 30.1 Å². The highest BCUT2D eigenvalue weighted by atomic mass is 19.1. The van der Waals surface area contributed by atoms with E-state index < -0.39 is 17.3 Å². The molecule has 3 rings (SSSR count). The third kappa shape index (κ3) is 4.25. The first kappa shape index (κ1) is 20.5. The number of methoxy groups -OCH3 is 1. The second-order valence-corrected chi connectivity index (χ2v) is 6.00. The maximum absolute atomic E-state index is 13.1. The summed E-state index contributed by atoms with van der Waals surface area (Å²) in [6.45, 7) is 3.72. The van der Waals surface area contributed by atoms with Crippen molar-refractivity contribution in [2.45, 2.75) is 0 Å². The lowest BCUT2D eigenvalue weighted by Gasteiger charge is -2.11. The second-order valence-electron chi connectivity index (χ2n) is 6.00. The fraction of sp³-hybridized carbons (Fsp3) is 0.0476. The number of fused-ring (bicyclic) bond motifs is 1. The van der Waals surface area contributed by atoms with Crippen molar-refractivity contribution in [3.05, 3.63) is 94.8 Å². The van der Waals surface area contributed by atoms with Gasteiger partial charge in [-0.25, -0.2) is 14.4 Å². The summed E-state index contributed by atoms with van der Waals surface area (Å²) in [6, 6.07) is 8.27. The maximum Gasteiger partial charge on any atom is 0.259 e. The molecule has 0 aliphatic heterocycles. The summed E-state index contributed by atoms with van der Waals surface area (Å²) in [5, 5.41) is 3.31. The van der Waals surface area contributed by atoms with Gasteiger partial charge in [-0.2, -0.15) is 0 Å². The Morgan fingerprint density at radius 1 is 1.33 bits per heavy atom. The predicted octanol–water partition coefficient (Wildman–Crippen LogP) is 2.69. The van der Waals surface area contributed by atoms with Crippen LogP contribution in [-0.4, -0.2) is 28.7 Å². The number of halogens is 1. The molecule has 30 heavy (non-hydrogen) atoms. The Hall–Kier alpha value is -4.27. The molecule has 0 aliphatic rings. The average Bonchev–Trinajstić information content (AvgIpc) is 2.75. The summed E-state index contributed by atoms with van der Waals surface area (Å²) >= 11 is 0. The SMILES string of the molecule is C=C/C(=N\C(=C/N)OC)c1cc2cc[nH]c(=O)c2c(NC(=O)c2ccc(F)cc2)n1. The molecule has 3 aromatic rings. The van der Waals surface area contributed by atoms with Crippen molar-refractivity contribution in [1.29, 1.82) is 0 Å². The number of nitrogens with one attached hydrogen (secondary N) is 2. The molecule has 0 aliphatic carbocycles. The van der Waals surface area contributed by atoms with Gasteiger partial charge in [0.25, 0.3) is 11.5 Å². The average molecular weight is 407 g/mol. The summed E-state index contributed by atoms with van der Waals surface area (Å²) in [4.78, 5) is 36.2. The van der Waals surface area contributed by atoms with Crippen LogP contribution in [0.15, 0.2) is 77.1 Å². The van der Waals surface area contributed by atoms with Crippen molar-refractivity contribution in [3.63, 3.8) is 0 Å². The smallest absolute Gasteiger partial charge is 0.259 e. The van der Waals surface area contributed by atoms with Gasteiger partial charge in [0, 0.05) is 11.8 Å². The minimum Gasteiger partial charge on any atom is -0.480 e. The van der Waals surface area contributed by atoms with E-state index in [-0.39, 0.29) is 22.7 Å². The molecule has 152 valence electrons. The zero-order valence-electron chi connectivity index (χ0n) is 16.0. The van der Waals surface area contributed by atoms with E-state index in [1.807, 2.05) is 0 Å². The number of hydrogen-bond acceptors (Lipinski definition) is 6. The quantitative estimate of drug-likeness (QED) is 0.428. The van der Waals surface area contributed by atoms with E-state index in [1.54, 1.807) is 12.1 Å². The number of pyridine rings is 2. The Kier molecular flexibility index (Phi) is 6.02. The van der Waals surface area contributed by atoms with Crippen molar-refractivity contribution in [2.75, 3.05) is 12.4 Å². The molecule has 1 amide bonds. The molecular weight excluding hydrogens is 389 g/mol. The van der Waals surface area contributed by atoms with E-state index in [9.17, 15) is 14.0 Å². The number of ether oxygens (including phenoxy) is 1. The lowest BCUT2D eigenvalue weighted by atomic mass is 10.1. The molecule has 0 atom stereocenters. The van der Waals surface area contributed by atoms with E-state index in [1.165, 1.54) is 37.7 Å². The van der Waals surface area contributed by atoms with Crippen molar-refractivity contribution in [2.24, 2.45) is 10.7 Å². The predicted molar refractivity (Wildman–Crippen MR) is 113 cm³/mol. The highest BCUT2D eigenvalue weighted by molar-refractivity contribution is 6.12. The molecule has 0 bridgehead atoms. The van der Waals surface area contributed by atoms with Crippen LogP contribution in [0.4, 0.5) is 10.2 Å². The van der Waals surface area contributed by atoms with Gasteiger partial charge in [0.15, 0.2) is 0 Å². The monoisotopic (exact) mass is 407 g/mol. The zero-order valence-corrected chi connectivity index (χ0v) is 16.0. The Morgan fingerprint density at radius 2 is 2.07 bits per heavy atom. The van der Waals surface area contributed by atoms with Crippen LogP contribution in [-0.2, 0) is 4.74 Å². The van der Waals surface area contributed by atoms with E-state index in [2.05, 4.69) is 26.9 Å². The Bertz CT molecular complexity index is 1230. The molecule has 9 heteroatoms. The number of carbonyl (C=O) groups excluding carboxylic acids is 1. The molecule has 0 saturated carbocycles. The number of amides is 1. The van der Waals surface area contributed by atoms with Gasteiger partial charge in [-0.1, -0.05) is 6.58 Å². The fourth-order valence-corrected chi connectivity index (χ4v) is 2.69. The number of hydrogen-bond donors (Lipinski definition) is 3. The number of rotatable bonds is 6. The van der Waals surface area contributed by atoms with Crippen LogP contribution >= 0.6 is 0 Å². The third-order valence-electron chi connectivity index (χ3n) is 4.13. The van der Waals surface area contributed by atoms with Crippen LogP contribution in [0.25, 0.3) is 10.8 Å². The van der Waals surface area contributed by atoms with Crippen molar-refractivity contribution in [1.82, 2.24) is 9.97 Å². The summed E-state index contributed by atoms with van der Waals surface area (Å²) in [5.41, 5.74) is 5.88. The molecule has 0 saturated heterocycles. The topological polar surface area (TPSA) is 122 Å². The molecule has 0 unspecified atom stereocenters. The van der Waals surface area contributed by atoms with Crippen LogP contribution in [0, 0.1) is 5.82 Å². The number of nitrogens with zero attached hydrogens (tertiary/aromatic N) is 2. The number of benzene rings is 1. The summed E-state index contributed by atoms with van der Waals surface area (Å²) in [7, 11) is 1.41. The summed E-state index contributed by atoms with van der Waals surface area (Å²) in [6.07, 6.45) is 4.09. The second kappa shape index (κ2) is 8.82. The molecule has 1 aromatic carbocycles. The molecule has 8 nitrogen and oxygen atoms in total. The van der Waals surface area contributed by atoms with E-state index in [0.717, 1.165) is 12.1 Å². The van der Waals surface area contributed by atoms with Crippen LogP contribution in [0.5, 0.6) is 0 Å². The highest BCUT2D eigenvalue weighted by Crippen LogP contribution is 2.21. The van der Waals surface area contributed by atoms with Crippen molar-refractivity contribution >= 4 is 28.2 Å². The zero-order chi connectivity index (χ0) is 21.7. The van der Waals surface area contributed by atoms with E-state index in [0.29, 0.717) is 16.8 Å². The maximum atomic E-state index is 13.1. The Balaban J connectivity index is 2.14. The third-order valence-corrected chi connectivity index (χ3v) is 4.13. The molecule has 0 spiro atoms. The fourth-order valence-electron chi connectivity index (χ4n) is 2.69.